The van der Waals surface area contributed by atoms with Gasteiger partial charge in [-0.1, -0.05) is 44.9 Å². The van der Waals surface area contributed by atoms with Gasteiger partial charge in [0.05, 0.1) is 18.2 Å². The second kappa shape index (κ2) is 8.42. The fourth-order valence-corrected chi connectivity index (χ4v) is 1.67. The molecule has 0 bridgehead atoms. The summed E-state index contributed by atoms with van der Waals surface area (Å²) in [4.78, 5) is 11.5. The fraction of sp³-hybridized carbons (Fsp3) is 0.583. The highest BCUT2D eigenvalue weighted by Gasteiger charge is 2.28. The Hall–Kier alpha value is -0.740. The van der Waals surface area contributed by atoms with Gasteiger partial charge in [0.1, 0.15) is 0 Å². The summed E-state index contributed by atoms with van der Waals surface area (Å²) in [6, 6.07) is -0.0533. The molecule has 1 aliphatic heterocycles. The van der Waals surface area contributed by atoms with Gasteiger partial charge in [-0.25, -0.2) is 9.10 Å². The van der Waals surface area contributed by atoms with Crippen molar-refractivity contribution < 1.29 is 9.53 Å². The van der Waals surface area contributed by atoms with Crippen molar-refractivity contribution >= 4 is 18.8 Å². The first-order chi connectivity index (χ1) is 7.70. The third kappa shape index (κ3) is 4.02. The number of carbonyl (C=O) groups excluding carboxylic acids is 1. The molecule has 3 nitrogen and oxygen atoms in total. The van der Waals surface area contributed by atoms with Crippen LogP contribution >= 0.6 is 12.8 Å². The lowest BCUT2D eigenvalue weighted by Gasteiger charge is -2.17. The van der Waals surface area contributed by atoms with E-state index in [-0.39, 0.29) is 12.0 Å². The fourth-order valence-electron chi connectivity index (χ4n) is 1.39. The molecule has 0 aromatic carbocycles. The maximum Gasteiger partial charge on any atom is 0.335 e. The molecule has 0 aliphatic carbocycles. The largest absolute Gasteiger partial charge is 0.463 e. The predicted octanol–water partition coefficient (Wildman–Crippen LogP) is 2.61. The third-order valence-electron chi connectivity index (χ3n) is 2.02. The van der Waals surface area contributed by atoms with Crippen LogP contribution in [0.25, 0.3) is 0 Å². The molecule has 1 rings (SSSR count). The Balaban J connectivity index is 0.00000106. The Morgan fingerprint density at radius 3 is 2.81 bits per heavy atom. The van der Waals surface area contributed by atoms with E-state index in [2.05, 4.69) is 12.8 Å². The SMILES string of the molecule is C/C=C/C1C(C(=O)OCC)=CCN1S.CC. The molecule has 0 N–H and O–H groups in total. The van der Waals surface area contributed by atoms with E-state index in [0.717, 1.165) is 0 Å². The Bertz CT molecular complexity index is 274. The molecule has 0 fully saturated rings. The topological polar surface area (TPSA) is 29.5 Å². The van der Waals surface area contributed by atoms with E-state index in [1.807, 2.05) is 39.0 Å². The summed E-state index contributed by atoms with van der Waals surface area (Å²) >= 11 is 4.27. The second-order valence-electron chi connectivity index (χ2n) is 2.97. The molecule has 92 valence electrons. The third-order valence-corrected chi connectivity index (χ3v) is 2.44. The van der Waals surface area contributed by atoms with Crippen molar-refractivity contribution in [2.24, 2.45) is 0 Å². The Morgan fingerprint density at radius 1 is 1.69 bits per heavy atom. The number of ether oxygens (including phenoxy) is 1. The van der Waals surface area contributed by atoms with E-state index >= 15 is 0 Å². The molecule has 1 aliphatic rings. The number of esters is 1. The van der Waals surface area contributed by atoms with E-state index in [4.69, 9.17) is 4.74 Å². The van der Waals surface area contributed by atoms with E-state index < -0.39 is 0 Å². The predicted molar refractivity (Wildman–Crippen MR) is 70.4 cm³/mol. The van der Waals surface area contributed by atoms with Gasteiger partial charge in [-0.15, -0.1) is 0 Å². The summed E-state index contributed by atoms with van der Waals surface area (Å²) in [6.07, 6.45) is 5.70. The average Bonchev–Trinajstić information content (AvgIpc) is 2.65. The summed E-state index contributed by atoms with van der Waals surface area (Å²) in [5, 5.41) is 0. The quantitative estimate of drug-likeness (QED) is 0.469. The molecule has 0 spiro atoms. The van der Waals surface area contributed by atoms with Gasteiger partial charge in [-0.2, -0.15) is 0 Å². The molecule has 0 aromatic rings. The van der Waals surface area contributed by atoms with Crippen LogP contribution in [0.4, 0.5) is 0 Å². The van der Waals surface area contributed by atoms with Crippen molar-refractivity contribution in [1.29, 1.82) is 0 Å². The number of nitrogens with zero attached hydrogens (tertiary/aromatic N) is 1. The molecular formula is C12H21NO2S. The molecular weight excluding hydrogens is 222 g/mol. The van der Waals surface area contributed by atoms with Crippen molar-refractivity contribution in [1.82, 2.24) is 4.31 Å². The molecule has 0 amide bonds. The van der Waals surface area contributed by atoms with Crippen LogP contribution in [0.15, 0.2) is 23.8 Å². The summed E-state index contributed by atoms with van der Waals surface area (Å²) < 4.78 is 6.75. The van der Waals surface area contributed by atoms with Crippen LogP contribution in [-0.2, 0) is 9.53 Å². The number of hydrogen-bond acceptors (Lipinski definition) is 4. The van der Waals surface area contributed by atoms with Crippen LogP contribution < -0.4 is 0 Å². The summed E-state index contributed by atoms with van der Waals surface area (Å²) in [5.41, 5.74) is 0.681. The first-order valence-corrected chi connectivity index (χ1v) is 6.06. The minimum Gasteiger partial charge on any atom is -0.463 e. The van der Waals surface area contributed by atoms with E-state index in [1.54, 1.807) is 11.2 Å². The van der Waals surface area contributed by atoms with Gasteiger partial charge in [-0.05, 0) is 13.8 Å². The van der Waals surface area contributed by atoms with Gasteiger partial charge in [-0.3, -0.25) is 0 Å². The van der Waals surface area contributed by atoms with Gasteiger partial charge in [0.15, 0.2) is 0 Å². The highest BCUT2D eigenvalue weighted by atomic mass is 32.1. The van der Waals surface area contributed by atoms with Gasteiger partial charge in [0, 0.05) is 6.54 Å². The monoisotopic (exact) mass is 243 g/mol. The van der Waals surface area contributed by atoms with Crippen LogP contribution in [0.3, 0.4) is 0 Å². The van der Waals surface area contributed by atoms with Crippen LogP contribution in [0.1, 0.15) is 27.7 Å². The van der Waals surface area contributed by atoms with E-state index in [0.29, 0.717) is 18.7 Å². The van der Waals surface area contributed by atoms with Crippen molar-refractivity contribution in [3.63, 3.8) is 0 Å². The Morgan fingerprint density at radius 2 is 2.31 bits per heavy atom. The maximum absolute atomic E-state index is 11.5. The first kappa shape index (κ1) is 15.3. The zero-order valence-electron chi connectivity index (χ0n) is 10.4. The zero-order valence-corrected chi connectivity index (χ0v) is 11.3. The summed E-state index contributed by atoms with van der Waals surface area (Å²) in [7, 11) is 0. The maximum atomic E-state index is 11.5. The molecule has 4 heteroatoms. The summed E-state index contributed by atoms with van der Waals surface area (Å²) in [5.74, 6) is -0.243. The molecule has 0 saturated carbocycles. The number of allylic oxidation sites excluding steroid dienone is 1. The standard InChI is InChI=1S/C10H15NO2S.C2H6/c1-3-5-9-8(6-7-11(9)14)10(12)13-4-2;1-2/h3,5-6,9,14H,4,7H2,1-2H3;1-2H3/b5-3+;. The van der Waals surface area contributed by atoms with Crippen molar-refractivity contribution in [3.05, 3.63) is 23.8 Å². The van der Waals surface area contributed by atoms with Crippen LogP contribution in [0.5, 0.6) is 0 Å². The molecule has 1 heterocycles. The van der Waals surface area contributed by atoms with Crippen LogP contribution in [0, 0.1) is 0 Å². The molecule has 0 aromatic heterocycles. The van der Waals surface area contributed by atoms with Crippen LogP contribution in [-0.4, -0.2) is 29.5 Å². The molecule has 16 heavy (non-hydrogen) atoms. The highest BCUT2D eigenvalue weighted by Crippen LogP contribution is 2.22. The first-order valence-electron chi connectivity index (χ1n) is 5.66. The minimum atomic E-state index is -0.243. The van der Waals surface area contributed by atoms with Gasteiger partial charge < -0.3 is 4.74 Å². The number of thiol groups is 1. The molecule has 0 saturated heterocycles. The summed E-state index contributed by atoms with van der Waals surface area (Å²) in [6.45, 7) is 8.80. The number of carbonyl (C=O) groups is 1. The van der Waals surface area contributed by atoms with Crippen molar-refractivity contribution in [2.45, 2.75) is 33.7 Å². The smallest absolute Gasteiger partial charge is 0.335 e. The zero-order chi connectivity index (χ0) is 12.6. The lowest BCUT2D eigenvalue weighted by atomic mass is 10.1. The number of rotatable bonds is 3. The van der Waals surface area contributed by atoms with Crippen LogP contribution in [0.2, 0.25) is 0 Å². The van der Waals surface area contributed by atoms with Crippen molar-refractivity contribution in [2.75, 3.05) is 13.2 Å². The van der Waals surface area contributed by atoms with E-state index in [1.165, 1.54) is 0 Å². The Kier molecular flexibility index (Phi) is 8.03. The number of hydrogen-bond donors (Lipinski definition) is 1. The van der Waals surface area contributed by atoms with Gasteiger partial charge >= 0.3 is 5.97 Å². The lowest BCUT2D eigenvalue weighted by Crippen LogP contribution is -2.25. The minimum absolute atomic E-state index is 0.0533. The Labute approximate surface area is 104 Å². The molecule has 0 radical (unpaired) electrons. The second-order valence-corrected chi connectivity index (χ2v) is 3.49. The molecule has 1 unspecified atom stereocenters. The average molecular weight is 243 g/mol. The normalized spacial score (nSPS) is 20.3. The van der Waals surface area contributed by atoms with Gasteiger partial charge in [0.25, 0.3) is 0 Å². The van der Waals surface area contributed by atoms with Crippen molar-refractivity contribution in [3.8, 4) is 0 Å². The highest BCUT2D eigenvalue weighted by molar-refractivity contribution is 7.77. The van der Waals surface area contributed by atoms with E-state index in [9.17, 15) is 4.79 Å². The lowest BCUT2D eigenvalue weighted by molar-refractivity contribution is -0.138. The molecule has 1 atom stereocenters. The van der Waals surface area contributed by atoms with Gasteiger partial charge in [0.2, 0.25) is 0 Å².